The van der Waals surface area contributed by atoms with Crippen LogP contribution < -0.4 is 5.14 Å². The van der Waals surface area contributed by atoms with E-state index in [0.717, 1.165) is 17.5 Å². The van der Waals surface area contributed by atoms with E-state index >= 15 is 0 Å². The highest BCUT2D eigenvalue weighted by Crippen LogP contribution is 2.01. The Labute approximate surface area is 81.4 Å². The van der Waals surface area contributed by atoms with Crippen LogP contribution in [0.1, 0.15) is 5.56 Å². The minimum atomic E-state index is -0.281. The van der Waals surface area contributed by atoms with Gasteiger partial charge in [-0.05, 0) is 5.56 Å². The van der Waals surface area contributed by atoms with E-state index in [0.29, 0.717) is 6.61 Å². The molecule has 2 N–H and O–H groups in total. The van der Waals surface area contributed by atoms with E-state index in [-0.39, 0.29) is 11.7 Å². The Hall–Kier alpha value is -1.00. The van der Waals surface area contributed by atoms with Crippen LogP contribution in [0.5, 0.6) is 0 Å². The summed E-state index contributed by atoms with van der Waals surface area (Å²) in [6.07, 6.45) is 0. The first kappa shape index (κ1) is 10.1. The lowest BCUT2D eigenvalue weighted by atomic mass is 10.2. The molecule has 0 unspecified atom stereocenters. The van der Waals surface area contributed by atoms with Gasteiger partial charge in [0, 0.05) is 0 Å². The summed E-state index contributed by atoms with van der Waals surface area (Å²) in [6, 6.07) is 9.54. The smallest absolute Gasteiger partial charge is 0.317 e. The van der Waals surface area contributed by atoms with Crippen LogP contribution in [0.4, 0.5) is 0 Å². The van der Waals surface area contributed by atoms with Gasteiger partial charge in [0.25, 0.3) is 0 Å². The monoisotopic (exact) mass is 197 g/mol. The van der Waals surface area contributed by atoms with Gasteiger partial charge in [-0.3, -0.25) is 9.93 Å². The van der Waals surface area contributed by atoms with Crippen LogP contribution in [0.2, 0.25) is 0 Å². The second-order valence-electron chi connectivity index (χ2n) is 2.46. The maximum atomic E-state index is 10.9. The molecule has 1 rings (SSSR count). The van der Waals surface area contributed by atoms with Crippen molar-refractivity contribution in [3.8, 4) is 0 Å². The Morgan fingerprint density at radius 2 is 2.08 bits per heavy atom. The maximum Gasteiger partial charge on any atom is 0.317 e. The van der Waals surface area contributed by atoms with Crippen LogP contribution in [-0.4, -0.2) is 11.7 Å². The molecule has 0 saturated carbocycles. The highest BCUT2D eigenvalue weighted by Gasteiger charge is 2.00. The van der Waals surface area contributed by atoms with E-state index in [2.05, 4.69) is 0 Å². The molecule has 13 heavy (non-hydrogen) atoms. The molecule has 0 spiro atoms. The van der Waals surface area contributed by atoms with E-state index in [1.54, 1.807) is 0 Å². The quantitative estimate of drug-likeness (QED) is 0.584. The van der Waals surface area contributed by atoms with Gasteiger partial charge in [-0.2, -0.15) is 0 Å². The van der Waals surface area contributed by atoms with Crippen molar-refractivity contribution in [2.75, 3.05) is 5.75 Å². The van der Waals surface area contributed by atoms with Gasteiger partial charge in [0.2, 0.25) is 0 Å². The van der Waals surface area contributed by atoms with E-state index in [1.165, 1.54) is 0 Å². The molecule has 0 aliphatic carbocycles. The third-order valence-electron chi connectivity index (χ3n) is 1.44. The van der Waals surface area contributed by atoms with Gasteiger partial charge < -0.3 is 4.74 Å². The third kappa shape index (κ3) is 3.96. The molecule has 0 aromatic heterocycles. The summed E-state index contributed by atoms with van der Waals surface area (Å²) < 4.78 is 4.93. The minimum absolute atomic E-state index is 0.201. The number of carbonyl (C=O) groups excluding carboxylic acids is 1. The number of benzene rings is 1. The Morgan fingerprint density at radius 3 is 2.69 bits per heavy atom. The zero-order valence-corrected chi connectivity index (χ0v) is 7.92. The number of ether oxygens (including phenoxy) is 1. The standard InChI is InChI=1S/C9H11NO2S/c10-13-7-9(11)12-6-8-4-2-1-3-5-8/h1-5H,6-7,10H2. The molecule has 3 nitrogen and oxygen atoms in total. The van der Waals surface area contributed by atoms with Crippen LogP contribution in [-0.2, 0) is 16.1 Å². The predicted octanol–water partition coefficient (Wildman–Crippen LogP) is 1.34. The number of hydrogen-bond acceptors (Lipinski definition) is 4. The molecule has 0 saturated heterocycles. The van der Waals surface area contributed by atoms with E-state index in [1.807, 2.05) is 30.3 Å². The van der Waals surface area contributed by atoms with Crippen molar-refractivity contribution >= 4 is 17.9 Å². The molecule has 0 aliphatic heterocycles. The number of nitrogens with two attached hydrogens (primary N) is 1. The lowest BCUT2D eigenvalue weighted by Crippen LogP contribution is -2.08. The van der Waals surface area contributed by atoms with Gasteiger partial charge in [0.1, 0.15) is 12.4 Å². The molecule has 0 heterocycles. The molecule has 0 fully saturated rings. The molecule has 4 heteroatoms. The summed E-state index contributed by atoms with van der Waals surface area (Å²) in [7, 11) is 0. The predicted molar refractivity (Wildman–Crippen MR) is 52.9 cm³/mol. The normalized spacial score (nSPS) is 9.62. The average Bonchev–Trinajstić information content (AvgIpc) is 2.17. The van der Waals surface area contributed by atoms with Gasteiger partial charge >= 0.3 is 5.97 Å². The molecule has 70 valence electrons. The van der Waals surface area contributed by atoms with Gasteiger partial charge in [-0.15, -0.1) is 0 Å². The number of rotatable bonds is 4. The van der Waals surface area contributed by atoms with Crippen molar-refractivity contribution in [2.24, 2.45) is 5.14 Å². The number of carbonyl (C=O) groups is 1. The summed E-state index contributed by atoms with van der Waals surface area (Å²) in [5.41, 5.74) is 0.984. The molecular formula is C9H11NO2S. The lowest BCUT2D eigenvalue weighted by Gasteiger charge is -2.02. The molecule has 0 radical (unpaired) electrons. The molecule has 1 aromatic carbocycles. The molecule has 0 amide bonds. The highest BCUT2D eigenvalue weighted by atomic mass is 32.2. The zero-order chi connectivity index (χ0) is 9.52. The SMILES string of the molecule is NSCC(=O)OCc1ccccc1. The third-order valence-corrected chi connectivity index (χ3v) is 1.85. The van der Waals surface area contributed by atoms with Crippen molar-refractivity contribution in [3.05, 3.63) is 35.9 Å². The van der Waals surface area contributed by atoms with E-state index in [4.69, 9.17) is 9.88 Å². The van der Waals surface area contributed by atoms with Crippen molar-refractivity contribution in [2.45, 2.75) is 6.61 Å². The summed E-state index contributed by atoms with van der Waals surface area (Å²) in [5, 5.41) is 5.11. The first-order valence-electron chi connectivity index (χ1n) is 3.84. The van der Waals surface area contributed by atoms with Crippen molar-refractivity contribution in [3.63, 3.8) is 0 Å². The summed E-state index contributed by atoms with van der Waals surface area (Å²) in [5.74, 6) is -0.0799. The van der Waals surface area contributed by atoms with Crippen molar-refractivity contribution in [1.82, 2.24) is 0 Å². The fourth-order valence-electron chi connectivity index (χ4n) is 0.848. The molecule has 0 atom stereocenters. The highest BCUT2D eigenvalue weighted by molar-refractivity contribution is 7.97. The first-order chi connectivity index (χ1) is 6.33. The molecule has 0 aliphatic rings. The Morgan fingerprint density at radius 1 is 1.38 bits per heavy atom. The largest absolute Gasteiger partial charge is 0.460 e. The Bertz CT molecular complexity index is 264. The molecular weight excluding hydrogens is 186 g/mol. The first-order valence-corrected chi connectivity index (χ1v) is 4.89. The van der Waals surface area contributed by atoms with E-state index < -0.39 is 0 Å². The minimum Gasteiger partial charge on any atom is -0.460 e. The fourth-order valence-corrected chi connectivity index (χ4v) is 1.07. The fraction of sp³-hybridized carbons (Fsp3) is 0.222. The number of esters is 1. The second kappa shape index (κ2) is 5.61. The molecule has 0 bridgehead atoms. The van der Waals surface area contributed by atoms with Gasteiger partial charge in [0.15, 0.2) is 0 Å². The van der Waals surface area contributed by atoms with Crippen molar-refractivity contribution < 1.29 is 9.53 Å². The second-order valence-corrected chi connectivity index (χ2v) is 3.08. The summed E-state index contributed by atoms with van der Waals surface area (Å²) in [4.78, 5) is 10.9. The summed E-state index contributed by atoms with van der Waals surface area (Å²) >= 11 is 0.970. The maximum absolute atomic E-state index is 10.9. The van der Waals surface area contributed by atoms with Gasteiger partial charge in [-0.25, -0.2) is 0 Å². The Balaban J connectivity index is 2.31. The Kier molecular flexibility index (Phi) is 4.35. The van der Waals surface area contributed by atoms with Gasteiger partial charge in [-0.1, -0.05) is 42.3 Å². The van der Waals surface area contributed by atoms with Crippen LogP contribution in [0.25, 0.3) is 0 Å². The van der Waals surface area contributed by atoms with Gasteiger partial charge in [0.05, 0.1) is 0 Å². The van der Waals surface area contributed by atoms with Crippen molar-refractivity contribution in [1.29, 1.82) is 0 Å². The topological polar surface area (TPSA) is 52.3 Å². The lowest BCUT2D eigenvalue weighted by molar-refractivity contribution is -0.141. The molecule has 1 aromatic rings. The average molecular weight is 197 g/mol. The van der Waals surface area contributed by atoms with Crippen LogP contribution >= 0.6 is 11.9 Å². The van der Waals surface area contributed by atoms with E-state index in [9.17, 15) is 4.79 Å². The zero-order valence-electron chi connectivity index (χ0n) is 7.10. The summed E-state index contributed by atoms with van der Waals surface area (Å²) in [6.45, 7) is 0.320. The van der Waals surface area contributed by atoms with Crippen LogP contribution in [0.15, 0.2) is 30.3 Å². The van der Waals surface area contributed by atoms with Crippen LogP contribution in [0.3, 0.4) is 0 Å². The number of hydrogen-bond donors (Lipinski definition) is 1. The van der Waals surface area contributed by atoms with Crippen LogP contribution in [0, 0.1) is 0 Å².